The summed E-state index contributed by atoms with van der Waals surface area (Å²) in [6.45, 7) is 0.231. The van der Waals surface area contributed by atoms with Gasteiger partial charge in [-0.15, -0.1) is 0 Å². The summed E-state index contributed by atoms with van der Waals surface area (Å²) in [5, 5.41) is 15.4. The Morgan fingerprint density at radius 3 is 2.73 bits per heavy atom. The summed E-state index contributed by atoms with van der Waals surface area (Å²) in [5.74, 6) is 1.32. The minimum absolute atomic E-state index is 0.225. The molecule has 0 atom stereocenters. The Bertz CT molecular complexity index is 694. The zero-order valence-corrected chi connectivity index (χ0v) is 12.1. The number of hydrogen-bond donors (Lipinski definition) is 1. The fourth-order valence-corrected chi connectivity index (χ4v) is 2.64. The molecule has 6 heteroatoms. The highest BCUT2D eigenvalue weighted by molar-refractivity contribution is 5.94. The van der Waals surface area contributed by atoms with Crippen LogP contribution in [0.2, 0.25) is 0 Å². The van der Waals surface area contributed by atoms with Crippen LogP contribution in [-0.2, 0) is 6.54 Å². The van der Waals surface area contributed by atoms with Crippen molar-refractivity contribution >= 4 is 5.91 Å². The predicted octanol–water partition coefficient (Wildman–Crippen LogP) is 2.53. The molecule has 0 aliphatic heterocycles. The van der Waals surface area contributed by atoms with E-state index < -0.39 is 0 Å². The molecule has 1 fully saturated rings. The topological polar surface area (TPSA) is 91.8 Å². The molecule has 1 aromatic carbocycles. The molecule has 1 aliphatic carbocycles. The molecule has 2 aromatic rings. The van der Waals surface area contributed by atoms with E-state index in [9.17, 15) is 4.79 Å². The summed E-state index contributed by atoms with van der Waals surface area (Å²) in [6.07, 6.45) is 4.61. The maximum absolute atomic E-state index is 12.0. The van der Waals surface area contributed by atoms with Crippen molar-refractivity contribution in [3.05, 3.63) is 47.1 Å². The van der Waals surface area contributed by atoms with E-state index in [1.165, 1.54) is 12.8 Å². The van der Waals surface area contributed by atoms with Crippen LogP contribution in [0.25, 0.3) is 0 Å². The third-order valence-electron chi connectivity index (χ3n) is 3.87. The van der Waals surface area contributed by atoms with E-state index in [0.29, 0.717) is 28.8 Å². The number of carbonyl (C=O) groups is 1. The molecule has 1 saturated carbocycles. The number of carbonyl (C=O) groups excluding carboxylic acids is 1. The van der Waals surface area contributed by atoms with Gasteiger partial charge < -0.3 is 9.84 Å². The number of nitrogens with one attached hydrogen (secondary N) is 1. The van der Waals surface area contributed by atoms with Gasteiger partial charge in [-0.3, -0.25) is 4.79 Å². The van der Waals surface area contributed by atoms with Crippen LogP contribution in [0.5, 0.6) is 0 Å². The van der Waals surface area contributed by atoms with Gasteiger partial charge in [-0.25, -0.2) is 0 Å². The van der Waals surface area contributed by atoms with Crippen LogP contribution in [-0.4, -0.2) is 16.0 Å². The molecule has 1 aromatic heterocycles. The SMILES string of the molecule is N#Cc1ccc(C(=O)NCc2noc(C3CCCC3)n2)cc1. The summed E-state index contributed by atoms with van der Waals surface area (Å²) in [7, 11) is 0. The number of rotatable bonds is 4. The van der Waals surface area contributed by atoms with Crippen LogP contribution < -0.4 is 5.32 Å². The Kier molecular flexibility index (Phi) is 4.15. The number of aromatic nitrogens is 2. The van der Waals surface area contributed by atoms with Gasteiger partial charge >= 0.3 is 0 Å². The highest BCUT2D eigenvalue weighted by Crippen LogP contribution is 2.32. The minimum atomic E-state index is -0.225. The van der Waals surface area contributed by atoms with Crippen molar-refractivity contribution in [3.63, 3.8) is 0 Å². The fourth-order valence-electron chi connectivity index (χ4n) is 2.64. The molecule has 112 valence electrons. The van der Waals surface area contributed by atoms with Crippen LogP contribution in [0.1, 0.15) is 59.2 Å². The largest absolute Gasteiger partial charge is 0.345 e. The lowest BCUT2D eigenvalue weighted by Gasteiger charge is -2.02. The first kappa shape index (κ1) is 14.3. The second kappa shape index (κ2) is 6.39. The van der Waals surface area contributed by atoms with Crippen molar-refractivity contribution < 1.29 is 9.32 Å². The molecule has 0 unspecified atom stereocenters. The van der Waals surface area contributed by atoms with Gasteiger partial charge in [0.05, 0.1) is 18.2 Å². The molecule has 3 rings (SSSR count). The minimum Gasteiger partial charge on any atom is -0.345 e. The first-order valence-electron chi connectivity index (χ1n) is 7.37. The standard InChI is InChI=1S/C16H16N4O2/c17-9-11-5-7-12(8-6-11)15(21)18-10-14-19-16(22-20-14)13-3-1-2-4-13/h5-8,13H,1-4,10H2,(H,18,21). The van der Waals surface area contributed by atoms with Crippen LogP contribution in [0.4, 0.5) is 0 Å². The van der Waals surface area contributed by atoms with Gasteiger partial charge in [-0.1, -0.05) is 18.0 Å². The molecule has 6 nitrogen and oxygen atoms in total. The molecule has 1 heterocycles. The van der Waals surface area contributed by atoms with Gasteiger partial charge in [0.1, 0.15) is 0 Å². The highest BCUT2D eigenvalue weighted by Gasteiger charge is 2.22. The second-order valence-corrected chi connectivity index (χ2v) is 5.40. The van der Waals surface area contributed by atoms with Crippen molar-refractivity contribution in [3.8, 4) is 6.07 Å². The number of nitrogens with zero attached hydrogens (tertiary/aromatic N) is 3. The van der Waals surface area contributed by atoms with Crippen LogP contribution in [0.3, 0.4) is 0 Å². The normalized spacial score (nSPS) is 14.7. The van der Waals surface area contributed by atoms with Crippen molar-refractivity contribution in [1.82, 2.24) is 15.5 Å². The van der Waals surface area contributed by atoms with Gasteiger partial charge in [0.15, 0.2) is 5.82 Å². The monoisotopic (exact) mass is 296 g/mol. The molecule has 1 N–H and O–H groups in total. The summed E-state index contributed by atoms with van der Waals surface area (Å²) >= 11 is 0. The maximum Gasteiger partial charge on any atom is 0.251 e. The Hall–Kier alpha value is -2.68. The van der Waals surface area contributed by atoms with E-state index in [4.69, 9.17) is 9.78 Å². The maximum atomic E-state index is 12.0. The predicted molar refractivity (Wildman–Crippen MR) is 77.8 cm³/mol. The lowest BCUT2D eigenvalue weighted by Crippen LogP contribution is -2.23. The molecule has 22 heavy (non-hydrogen) atoms. The number of hydrogen-bond acceptors (Lipinski definition) is 5. The van der Waals surface area contributed by atoms with Crippen molar-refractivity contribution in [1.29, 1.82) is 5.26 Å². The smallest absolute Gasteiger partial charge is 0.251 e. The van der Waals surface area contributed by atoms with Crippen LogP contribution >= 0.6 is 0 Å². The number of benzene rings is 1. The first-order chi connectivity index (χ1) is 10.8. The Balaban J connectivity index is 1.57. The molecule has 0 radical (unpaired) electrons. The quantitative estimate of drug-likeness (QED) is 0.936. The van der Waals surface area contributed by atoms with Crippen molar-refractivity contribution in [2.75, 3.05) is 0 Å². The summed E-state index contributed by atoms with van der Waals surface area (Å²) in [6, 6.07) is 8.48. The van der Waals surface area contributed by atoms with E-state index in [2.05, 4.69) is 15.5 Å². The van der Waals surface area contributed by atoms with E-state index in [-0.39, 0.29) is 12.5 Å². The third kappa shape index (κ3) is 3.14. The lowest BCUT2D eigenvalue weighted by molar-refractivity contribution is 0.0949. The van der Waals surface area contributed by atoms with Gasteiger partial charge in [-0.05, 0) is 37.1 Å². The number of nitriles is 1. The molecular formula is C16H16N4O2. The summed E-state index contributed by atoms with van der Waals surface area (Å²) in [5.41, 5.74) is 1.02. The van der Waals surface area contributed by atoms with E-state index >= 15 is 0 Å². The number of amides is 1. The lowest BCUT2D eigenvalue weighted by atomic mass is 10.1. The molecule has 1 aliphatic rings. The average molecular weight is 296 g/mol. The second-order valence-electron chi connectivity index (χ2n) is 5.40. The zero-order chi connectivity index (χ0) is 15.4. The molecular weight excluding hydrogens is 280 g/mol. The molecule has 0 spiro atoms. The molecule has 0 bridgehead atoms. The van der Waals surface area contributed by atoms with Gasteiger partial charge in [0.25, 0.3) is 5.91 Å². The van der Waals surface area contributed by atoms with E-state index in [1.807, 2.05) is 6.07 Å². The Labute approximate surface area is 128 Å². The van der Waals surface area contributed by atoms with Crippen molar-refractivity contribution in [2.24, 2.45) is 0 Å². The summed E-state index contributed by atoms with van der Waals surface area (Å²) < 4.78 is 5.27. The van der Waals surface area contributed by atoms with Gasteiger partial charge in [0.2, 0.25) is 5.89 Å². The van der Waals surface area contributed by atoms with Crippen LogP contribution in [0.15, 0.2) is 28.8 Å². The average Bonchev–Trinajstić information content (AvgIpc) is 3.23. The third-order valence-corrected chi connectivity index (χ3v) is 3.87. The van der Waals surface area contributed by atoms with E-state index in [1.54, 1.807) is 24.3 Å². The highest BCUT2D eigenvalue weighted by atomic mass is 16.5. The van der Waals surface area contributed by atoms with Gasteiger partial charge in [-0.2, -0.15) is 10.2 Å². The Morgan fingerprint density at radius 1 is 1.32 bits per heavy atom. The Morgan fingerprint density at radius 2 is 2.05 bits per heavy atom. The zero-order valence-electron chi connectivity index (χ0n) is 12.1. The van der Waals surface area contributed by atoms with E-state index in [0.717, 1.165) is 12.8 Å². The van der Waals surface area contributed by atoms with Crippen molar-refractivity contribution in [2.45, 2.75) is 38.1 Å². The van der Waals surface area contributed by atoms with Gasteiger partial charge in [0, 0.05) is 11.5 Å². The first-order valence-corrected chi connectivity index (χ1v) is 7.37. The summed E-state index contributed by atoms with van der Waals surface area (Å²) in [4.78, 5) is 16.4. The fraction of sp³-hybridized carbons (Fsp3) is 0.375. The molecule has 0 saturated heterocycles. The van der Waals surface area contributed by atoms with Crippen LogP contribution in [0, 0.1) is 11.3 Å². The molecule has 1 amide bonds.